The van der Waals surface area contributed by atoms with Gasteiger partial charge >= 0.3 is 0 Å². The fourth-order valence-corrected chi connectivity index (χ4v) is 3.34. The third-order valence-corrected chi connectivity index (χ3v) is 4.02. The summed E-state index contributed by atoms with van der Waals surface area (Å²) in [6.07, 6.45) is 2.99. The number of nitrogens with zero attached hydrogens (tertiary/aromatic N) is 1. The van der Waals surface area contributed by atoms with Gasteiger partial charge in [0.15, 0.2) is 0 Å². The Balaban J connectivity index is 2.63. The normalized spacial score (nSPS) is 16.0. The number of nitrogen functional groups attached to an aromatic ring is 1. The molecular weight excluding hydrogens is 224 g/mol. The molecule has 0 fully saturated rings. The molecule has 0 unspecified atom stereocenters. The molecule has 0 radical (unpaired) electrons. The Bertz CT molecular complexity index is 523. The molecule has 1 aliphatic heterocycles. The summed E-state index contributed by atoms with van der Waals surface area (Å²) >= 11 is 0. The molecule has 0 saturated carbocycles. The molecular formula is C11H16N2O2S. The quantitative estimate of drug-likeness (QED) is 0.752. The lowest BCUT2D eigenvalue weighted by atomic mass is 9.99. The highest BCUT2D eigenvalue weighted by Gasteiger charge is 2.25. The van der Waals surface area contributed by atoms with E-state index in [9.17, 15) is 8.42 Å². The number of sulfonamides is 1. The van der Waals surface area contributed by atoms with Crippen molar-refractivity contribution >= 4 is 21.4 Å². The molecule has 0 saturated heterocycles. The molecule has 1 aliphatic rings. The summed E-state index contributed by atoms with van der Waals surface area (Å²) in [5.41, 5.74) is 9.26. The summed E-state index contributed by atoms with van der Waals surface area (Å²) in [7, 11) is -3.18. The second kappa shape index (κ2) is 3.66. The zero-order valence-corrected chi connectivity index (χ0v) is 10.3. The average Bonchev–Trinajstić information content (AvgIpc) is 2.14. The molecule has 0 atom stereocenters. The summed E-state index contributed by atoms with van der Waals surface area (Å²) < 4.78 is 24.8. The van der Waals surface area contributed by atoms with Gasteiger partial charge in [-0.05, 0) is 43.0 Å². The molecule has 88 valence electrons. The number of rotatable bonds is 1. The van der Waals surface area contributed by atoms with Crippen molar-refractivity contribution in [3.8, 4) is 0 Å². The molecule has 2 N–H and O–H groups in total. The van der Waals surface area contributed by atoms with Crippen molar-refractivity contribution in [3.63, 3.8) is 0 Å². The highest BCUT2D eigenvalue weighted by Crippen LogP contribution is 2.33. The summed E-state index contributed by atoms with van der Waals surface area (Å²) in [6, 6.07) is 3.70. The van der Waals surface area contributed by atoms with Crippen LogP contribution in [-0.4, -0.2) is 21.2 Å². The summed E-state index contributed by atoms with van der Waals surface area (Å²) in [5, 5.41) is 0. The first-order valence-corrected chi connectivity index (χ1v) is 7.11. The highest BCUT2D eigenvalue weighted by atomic mass is 32.2. The average molecular weight is 240 g/mol. The van der Waals surface area contributed by atoms with E-state index < -0.39 is 10.0 Å². The van der Waals surface area contributed by atoms with Crippen LogP contribution in [0.1, 0.15) is 17.5 Å². The Labute approximate surface area is 96.1 Å². The van der Waals surface area contributed by atoms with E-state index in [-0.39, 0.29) is 0 Å². The van der Waals surface area contributed by atoms with E-state index >= 15 is 0 Å². The molecule has 1 aromatic carbocycles. The third kappa shape index (κ3) is 1.87. The Morgan fingerprint density at radius 3 is 2.69 bits per heavy atom. The predicted octanol–water partition coefficient (Wildman–Crippen LogP) is 1.29. The zero-order chi connectivity index (χ0) is 11.9. The van der Waals surface area contributed by atoms with Gasteiger partial charge in [-0.15, -0.1) is 0 Å². The van der Waals surface area contributed by atoms with Crippen LogP contribution in [0.5, 0.6) is 0 Å². The second-order valence-electron chi connectivity index (χ2n) is 4.28. The van der Waals surface area contributed by atoms with E-state index in [0.717, 1.165) is 29.7 Å². The van der Waals surface area contributed by atoms with Crippen LogP contribution in [0.25, 0.3) is 0 Å². The first-order chi connectivity index (χ1) is 7.39. The van der Waals surface area contributed by atoms with Gasteiger partial charge in [0.1, 0.15) is 0 Å². The molecule has 1 heterocycles. The summed E-state index contributed by atoms with van der Waals surface area (Å²) in [4.78, 5) is 0. The number of anilines is 2. The molecule has 1 aromatic rings. The minimum atomic E-state index is -3.18. The molecule has 0 spiro atoms. The molecule has 16 heavy (non-hydrogen) atoms. The third-order valence-electron chi connectivity index (χ3n) is 2.86. The lowest BCUT2D eigenvalue weighted by Crippen LogP contribution is -2.35. The van der Waals surface area contributed by atoms with Gasteiger partial charge in [-0.1, -0.05) is 0 Å². The number of aryl methyl sites for hydroxylation is 2. The van der Waals surface area contributed by atoms with Crippen molar-refractivity contribution in [2.75, 3.05) is 22.8 Å². The molecule has 4 nitrogen and oxygen atoms in total. The van der Waals surface area contributed by atoms with Crippen LogP contribution in [0.2, 0.25) is 0 Å². The molecule has 2 rings (SSSR count). The van der Waals surface area contributed by atoms with Gasteiger partial charge in [-0.25, -0.2) is 8.42 Å². The standard InChI is InChI=1S/C11H16N2O2S/c1-8-6-10(12)7-9-4-3-5-13(11(8)9)16(2,14)15/h6-7H,3-5,12H2,1-2H3. The lowest BCUT2D eigenvalue weighted by Gasteiger charge is -2.31. The second-order valence-corrected chi connectivity index (χ2v) is 6.19. The zero-order valence-electron chi connectivity index (χ0n) is 9.53. The summed E-state index contributed by atoms with van der Waals surface area (Å²) in [6.45, 7) is 2.47. The van der Waals surface area contributed by atoms with Crippen molar-refractivity contribution < 1.29 is 8.42 Å². The van der Waals surface area contributed by atoms with Gasteiger partial charge in [-0.3, -0.25) is 4.31 Å². The monoisotopic (exact) mass is 240 g/mol. The summed E-state index contributed by atoms with van der Waals surface area (Å²) in [5.74, 6) is 0. The first kappa shape index (κ1) is 11.3. The maximum absolute atomic E-state index is 11.7. The number of fused-ring (bicyclic) bond motifs is 1. The van der Waals surface area contributed by atoms with Crippen molar-refractivity contribution in [2.24, 2.45) is 0 Å². The van der Waals surface area contributed by atoms with E-state index in [2.05, 4.69) is 0 Å². The van der Waals surface area contributed by atoms with Crippen molar-refractivity contribution in [3.05, 3.63) is 23.3 Å². The van der Waals surface area contributed by atoms with Gasteiger partial charge in [-0.2, -0.15) is 0 Å². The van der Waals surface area contributed by atoms with Crippen LogP contribution in [0.4, 0.5) is 11.4 Å². The molecule has 0 aliphatic carbocycles. The Morgan fingerprint density at radius 1 is 1.38 bits per heavy atom. The number of benzene rings is 1. The smallest absolute Gasteiger partial charge is 0.232 e. The van der Waals surface area contributed by atoms with Crippen LogP contribution in [0, 0.1) is 6.92 Å². The Hall–Kier alpha value is -1.23. The van der Waals surface area contributed by atoms with E-state index in [1.54, 1.807) is 0 Å². The van der Waals surface area contributed by atoms with Crippen molar-refractivity contribution in [1.29, 1.82) is 0 Å². The van der Waals surface area contributed by atoms with E-state index in [1.807, 2.05) is 19.1 Å². The van der Waals surface area contributed by atoms with Gasteiger partial charge in [0.05, 0.1) is 11.9 Å². The van der Waals surface area contributed by atoms with E-state index in [0.29, 0.717) is 12.2 Å². The SMILES string of the molecule is Cc1cc(N)cc2c1N(S(C)(=O)=O)CCC2. The van der Waals surface area contributed by atoms with Crippen LogP contribution in [0.3, 0.4) is 0 Å². The predicted molar refractivity (Wildman–Crippen MR) is 66.1 cm³/mol. The largest absolute Gasteiger partial charge is 0.399 e. The van der Waals surface area contributed by atoms with Crippen LogP contribution < -0.4 is 10.0 Å². The van der Waals surface area contributed by atoms with Gasteiger partial charge in [0.2, 0.25) is 10.0 Å². The van der Waals surface area contributed by atoms with Crippen LogP contribution >= 0.6 is 0 Å². The fourth-order valence-electron chi connectivity index (χ4n) is 2.29. The Morgan fingerprint density at radius 2 is 2.06 bits per heavy atom. The van der Waals surface area contributed by atoms with E-state index in [4.69, 9.17) is 5.73 Å². The van der Waals surface area contributed by atoms with Crippen LogP contribution in [-0.2, 0) is 16.4 Å². The van der Waals surface area contributed by atoms with Gasteiger partial charge < -0.3 is 5.73 Å². The number of hydrogen-bond acceptors (Lipinski definition) is 3. The van der Waals surface area contributed by atoms with Crippen molar-refractivity contribution in [2.45, 2.75) is 19.8 Å². The number of nitrogens with two attached hydrogens (primary N) is 1. The highest BCUT2D eigenvalue weighted by molar-refractivity contribution is 7.92. The minimum absolute atomic E-state index is 0.566. The molecule has 0 amide bonds. The van der Waals surface area contributed by atoms with E-state index in [1.165, 1.54) is 10.6 Å². The van der Waals surface area contributed by atoms with Gasteiger partial charge in [0, 0.05) is 12.2 Å². The van der Waals surface area contributed by atoms with Crippen LogP contribution in [0.15, 0.2) is 12.1 Å². The Kier molecular flexibility index (Phi) is 2.58. The fraction of sp³-hybridized carbons (Fsp3) is 0.455. The van der Waals surface area contributed by atoms with Gasteiger partial charge in [0.25, 0.3) is 0 Å². The molecule has 0 bridgehead atoms. The number of hydrogen-bond donors (Lipinski definition) is 1. The topological polar surface area (TPSA) is 63.4 Å². The minimum Gasteiger partial charge on any atom is -0.399 e. The maximum atomic E-state index is 11.7. The first-order valence-electron chi connectivity index (χ1n) is 5.26. The molecule has 0 aromatic heterocycles. The molecule has 5 heteroatoms. The lowest BCUT2D eigenvalue weighted by molar-refractivity contribution is 0.592. The maximum Gasteiger partial charge on any atom is 0.232 e. The van der Waals surface area contributed by atoms with Crippen molar-refractivity contribution in [1.82, 2.24) is 0 Å².